The predicted octanol–water partition coefficient (Wildman–Crippen LogP) is 2.33. The molecule has 0 amide bonds. The lowest BCUT2D eigenvalue weighted by molar-refractivity contribution is 0.993. The van der Waals surface area contributed by atoms with E-state index in [2.05, 4.69) is 9.97 Å². The van der Waals surface area contributed by atoms with Gasteiger partial charge < -0.3 is 4.98 Å². The first-order valence-corrected chi connectivity index (χ1v) is 5.80. The number of hydrogen-bond donors (Lipinski definition) is 1. The van der Waals surface area contributed by atoms with Gasteiger partial charge in [0.25, 0.3) is 0 Å². The lowest BCUT2D eigenvalue weighted by atomic mass is 10.2. The van der Waals surface area contributed by atoms with Gasteiger partial charge in [-0.05, 0) is 37.6 Å². The number of nitrogens with one attached hydrogen (secondary N) is 1. The highest BCUT2D eigenvalue weighted by Gasteiger charge is 2.10. The van der Waals surface area contributed by atoms with Crippen molar-refractivity contribution in [2.75, 3.05) is 0 Å². The van der Waals surface area contributed by atoms with E-state index in [1.54, 1.807) is 10.8 Å². The number of H-pyrrole nitrogens is 1. The minimum Gasteiger partial charge on any atom is -0.305 e. The third kappa shape index (κ3) is 1.54. The Morgan fingerprint density at radius 3 is 2.72 bits per heavy atom. The average molecular weight is 239 g/mol. The number of aromatic nitrogens is 3. The van der Waals surface area contributed by atoms with Gasteiger partial charge in [-0.2, -0.15) is 0 Å². The quantitative estimate of drug-likeness (QED) is 0.708. The number of nitrogens with zero attached hydrogens (tertiary/aromatic N) is 2. The van der Waals surface area contributed by atoms with Crippen molar-refractivity contribution < 1.29 is 0 Å². The highest BCUT2D eigenvalue weighted by Crippen LogP contribution is 2.18. The Morgan fingerprint density at radius 2 is 2.00 bits per heavy atom. The second-order valence-electron chi connectivity index (χ2n) is 4.39. The summed E-state index contributed by atoms with van der Waals surface area (Å²) in [5.41, 5.74) is 4.40. The Bertz CT molecular complexity index is 766. The van der Waals surface area contributed by atoms with Crippen LogP contribution in [0.25, 0.3) is 16.7 Å². The van der Waals surface area contributed by atoms with Crippen molar-refractivity contribution in [2.45, 2.75) is 13.8 Å². The molecular formula is C14H13N3O. The fourth-order valence-electron chi connectivity index (χ4n) is 2.17. The van der Waals surface area contributed by atoms with E-state index in [9.17, 15) is 4.79 Å². The molecule has 0 radical (unpaired) electrons. The SMILES string of the molecule is Cc1ccc(-n2c(=O)[nH]c3cccc(C)c32)cn1. The van der Waals surface area contributed by atoms with Crippen LogP contribution in [-0.4, -0.2) is 14.5 Å². The Morgan fingerprint density at radius 1 is 1.17 bits per heavy atom. The molecule has 18 heavy (non-hydrogen) atoms. The van der Waals surface area contributed by atoms with Crippen LogP contribution in [0.3, 0.4) is 0 Å². The number of pyridine rings is 1. The van der Waals surface area contributed by atoms with E-state index in [4.69, 9.17) is 0 Å². The summed E-state index contributed by atoms with van der Waals surface area (Å²) in [4.78, 5) is 19.2. The maximum absolute atomic E-state index is 12.1. The van der Waals surface area contributed by atoms with Crippen molar-refractivity contribution in [3.8, 4) is 5.69 Å². The molecule has 1 aromatic carbocycles. The van der Waals surface area contributed by atoms with Gasteiger partial charge in [-0.25, -0.2) is 4.79 Å². The van der Waals surface area contributed by atoms with Crippen LogP contribution < -0.4 is 5.69 Å². The largest absolute Gasteiger partial charge is 0.331 e. The lowest BCUT2D eigenvalue weighted by Gasteiger charge is -2.05. The average Bonchev–Trinajstić information content (AvgIpc) is 2.68. The van der Waals surface area contributed by atoms with E-state index in [0.29, 0.717) is 0 Å². The summed E-state index contributed by atoms with van der Waals surface area (Å²) >= 11 is 0. The van der Waals surface area contributed by atoms with Crippen molar-refractivity contribution in [2.24, 2.45) is 0 Å². The molecule has 0 spiro atoms. The Hall–Kier alpha value is -2.36. The van der Waals surface area contributed by atoms with Gasteiger partial charge in [0.1, 0.15) is 0 Å². The van der Waals surface area contributed by atoms with Crippen LogP contribution in [0.2, 0.25) is 0 Å². The molecule has 0 bridgehead atoms. The highest BCUT2D eigenvalue weighted by atomic mass is 16.1. The number of rotatable bonds is 1. The summed E-state index contributed by atoms with van der Waals surface area (Å²) in [5.74, 6) is 0. The topological polar surface area (TPSA) is 50.7 Å². The molecule has 1 N–H and O–H groups in total. The van der Waals surface area contributed by atoms with Gasteiger partial charge in [0.2, 0.25) is 0 Å². The number of hydrogen-bond acceptors (Lipinski definition) is 2. The standard InChI is InChI=1S/C14H13N3O/c1-9-4-3-5-12-13(9)17(14(18)16-12)11-7-6-10(2)15-8-11/h3-8H,1-2H3,(H,16,18). The van der Waals surface area contributed by atoms with Crippen molar-refractivity contribution in [1.82, 2.24) is 14.5 Å². The highest BCUT2D eigenvalue weighted by molar-refractivity contribution is 5.80. The fourth-order valence-corrected chi connectivity index (χ4v) is 2.17. The van der Waals surface area contributed by atoms with Crippen LogP contribution in [0.5, 0.6) is 0 Å². The van der Waals surface area contributed by atoms with Gasteiger partial charge in [-0.3, -0.25) is 9.55 Å². The van der Waals surface area contributed by atoms with Crippen LogP contribution in [-0.2, 0) is 0 Å². The van der Waals surface area contributed by atoms with Crippen LogP contribution in [0.4, 0.5) is 0 Å². The second kappa shape index (κ2) is 3.84. The molecule has 4 nitrogen and oxygen atoms in total. The van der Waals surface area contributed by atoms with Crippen LogP contribution in [0.15, 0.2) is 41.3 Å². The smallest absolute Gasteiger partial charge is 0.305 e. The van der Waals surface area contributed by atoms with Crippen LogP contribution >= 0.6 is 0 Å². The van der Waals surface area contributed by atoms with Gasteiger partial charge in [0.15, 0.2) is 0 Å². The summed E-state index contributed by atoms with van der Waals surface area (Å²) in [5, 5.41) is 0. The summed E-state index contributed by atoms with van der Waals surface area (Å²) in [7, 11) is 0. The van der Waals surface area contributed by atoms with Crippen LogP contribution in [0, 0.1) is 13.8 Å². The fraction of sp³-hybridized carbons (Fsp3) is 0.143. The number of imidazole rings is 1. The molecule has 0 aliphatic heterocycles. The number of para-hydroxylation sites is 1. The molecule has 2 aromatic heterocycles. The lowest BCUT2D eigenvalue weighted by Crippen LogP contribution is -2.15. The van der Waals surface area contributed by atoms with E-state index in [0.717, 1.165) is 28.0 Å². The first-order chi connectivity index (χ1) is 8.66. The van der Waals surface area contributed by atoms with Gasteiger partial charge >= 0.3 is 5.69 Å². The third-order valence-corrected chi connectivity index (χ3v) is 3.06. The summed E-state index contributed by atoms with van der Waals surface area (Å²) in [6, 6.07) is 9.64. The molecule has 0 saturated carbocycles. The zero-order chi connectivity index (χ0) is 12.7. The Balaban J connectivity index is 2.38. The molecule has 0 aliphatic carbocycles. The first-order valence-electron chi connectivity index (χ1n) is 5.80. The van der Waals surface area contributed by atoms with Crippen LogP contribution in [0.1, 0.15) is 11.3 Å². The maximum Gasteiger partial charge on any atom is 0.331 e. The van der Waals surface area contributed by atoms with E-state index in [-0.39, 0.29) is 5.69 Å². The van der Waals surface area contributed by atoms with Crippen molar-refractivity contribution in [3.05, 3.63) is 58.3 Å². The number of aromatic amines is 1. The summed E-state index contributed by atoms with van der Waals surface area (Å²) in [6.07, 6.45) is 1.72. The molecule has 0 saturated heterocycles. The van der Waals surface area contributed by atoms with Crippen molar-refractivity contribution in [1.29, 1.82) is 0 Å². The monoisotopic (exact) mass is 239 g/mol. The van der Waals surface area contributed by atoms with E-state index < -0.39 is 0 Å². The zero-order valence-electron chi connectivity index (χ0n) is 10.3. The summed E-state index contributed by atoms with van der Waals surface area (Å²) in [6.45, 7) is 3.92. The Kier molecular flexibility index (Phi) is 2.30. The second-order valence-corrected chi connectivity index (χ2v) is 4.39. The molecule has 90 valence electrons. The molecule has 4 heteroatoms. The van der Waals surface area contributed by atoms with Gasteiger partial charge in [-0.1, -0.05) is 12.1 Å². The molecule has 3 rings (SSSR count). The first kappa shape index (κ1) is 10.8. The molecule has 0 fully saturated rings. The Labute approximate surface area is 104 Å². The van der Waals surface area contributed by atoms with E-state index >= 15 is 0 Å². The molecule has 3 aromatic rings. The van der Waals surface area contributed by atoms with Gasteiger partial charge in [0, 0.05) is 5.69 Å². The van der Waals surface area contributed by atoms with Gasteiger partial charge in [-0.15, -0.1) is 0 Å². The number of aryl methyl sites for hydroxylation is 2. The number of benzene rings is 1. The summed E-state index contributed by atoms with van der Waals surface area (Å²) < 4.78 is 1.66. The van der Waals surface area contributed by atoms with E-state index in [1.165, 1.54) is 0 Å². The normalized spacial score (nSPS) is 11.0. The molecular weight excluding hydrogens is 226 g/mol. The van der Waals surface area contributed by atoms with E-state index in [1.807, 2.05) is 44.2 Å². The van der Waals surface area contributed by atoms with Crippen molar-refractivity contribution >= 4 is 11.0 Å². The third-order valence-electron chi connectivity index (χ3n) is 3.06. The number of fused-ring (bicyclic) bond motifs is 1. The predicted molar refractivity (Wildman–Crippen MR) is 71.2 cm³/mol. The minimum absolute atomic E-state index is 0.134. The minimum atomic E-state index is -0.134. The molecule has 2 heterocycles. The molecule has 0 atom stereocenters. The molecule has 0 unspecified atom stereocenters. The van der Waals surface area contributed by atoms with Gasteiger partial charge in [0.05, 0.1) is 22.9 Å². The molecule has 0 aliphatic rings. The zero-order valence-corrected chi connectivity index (χ0v) is 10.3. The maximum atomic E-state index is 12.1. The van der Waals surface area contributed by atoms with Crippen molar-refractivity contribution in [3.63, 3.8) is 0 Å².